The largest absolute Gasteiger partial charge is 0.369 e. The van der Waals surface area contributed by atoms with Crippen molar-refractivity contribution in [2.75, 3.05) is 25.0 Å². The first-order chi connectivity index (χ1) is 10.2. The average molecular weight is 309 g/mol. The SMILES string of the molecule is O=C(CCNc1nc(Cl)nc2[nH]ncc12)N1CCCCC1. The molecule has 1 saturated heterocycles. The van der Waals surface area contributed by atoms with Crippen LogP contribution in [0, 0.1) is 0 Å². The van der Waals surface area contributed by atoms with Crippen LogP contribution in [0.4, 0.5) is 5.82 Å². The number of aromatic nitrogens is 4. The molecular weight excluding hydrogens is 292 g/mol. The van der Waals surface area contributed by atoms with Gasteiger partial charge in [0.25, 0.3) is 0 Å². The second kappa shape index (κ2) is 6.26. The molecular formula is C13H17ClN6O. The minimum atomic E-state index is 0.150. The van der Waals surface area contributed by atoms with Crippen LogP contribution in [-0.4, -0.2) is 50.6 Å². The van der Waals surface area contributed by atoms with Crippen LogP contribution in [0.15, 0.2) is 6.20 Å². The summed E-state index contributed by atoms with van der Waals surface area (Å²) in [6, 6.07) is 0. The van der Waals surface area contributed by atoms with E-state index in [1.165, 1.54) is 6.42 Å². The Hall–Kier alpha value is -1.89. The highest BCUT2D eigenvalue weighted by Crippen LogP contribution is 2.19. The first kappa shape index (κ1) is 14.1. The van der Waals surface area contributed by atoms with Crippen LogP contribution in [0.2, 0.25) is 5.28 Å². The molecule has 21 heavy (non-hydrogen) atoms. The number of carbonyl (C=O) groups excluding carboxylic acids is 1. The highest BCUT2D eigenvalue weighted by atomic mass is 35.5. The molecule has 0 unspecified atom stereocenters. The first-order valence-corrected chi connectivity index (χ1v) is 7.50. The van der Waals surface area contributed by atoms with Gasteiger partial charge in [-0.3, -0.25) is 9.89 Å². The molecule has 3 rings (SSSR count). The van der Waals surface area contributed by atoms with Gasteiger partial charge in [-0.05, 0) is 30.9 Å². The number of nitrogens with zero attached hydrogens (tertiary/aromatic N) is 4. The third kappa shape index (κ3) is 3.24. The van der Waals surface area contributed by atoms with E-state index in [-0.39, 0.29) is 11.2 Å². The maximum atomic E-state index is 12.1. The number of rotatable bonds is 4. The minimum Gasteiger partial charge on any atom is -0.369 e. The second-order valence-electron chi connectivity index (χ2n) is 5.09. The van der Waals surface area contributed by atoms with Crippen LogP contribution in [0.5, 0.6) is 0 Å². The summed E-state index contributed by atoms with van der Waals surface area (Å²) >= 11 is 5.86. The molecule has 3 heterocycles. The predicted molar refractivity (Wildman–Crippen MR) is 80.2 cm³/mol. The van der Waals surface area contributed by atoms with E-state index in [1.54, 1.807) is 6.20 Å². The number of amides is 1. The van der Waals surface area contributed by atoms with Gasteiger partial charge in [0.2, 0.25) is 11.2 Å². The Balaban J connectivity index is 1.59. The maximum Gasteiger partial charge on any atom is 0.226 e. The molecule has 0 saturated carbocycles. The zero-order chi connectivity index (χ0) is 14.7. The molecule has 1 amide bonds. The van der Waals surface area contributed by atoms with E-state index in [9.17, 15) is 4.79 Å². The van der Waals surface area contributed by atoms with Crippen LogP contribution < -0.4 is 5.32 Å². The first-order valence-electron chi connectivity index (χ1n) is 7.12. The number of H-pyrrole nitrogens is 1. The predicted octanol–water partition coefficient (Wildman–Crippen LogP) is 1.82. The van der Waals surface area contributed by atoms with Crippen molar-refractivity contribution >= 4 is 34.4 Å². The summed E-state index contributed by atoms with van der Waals surface area (Å²) in [7, 11) is 0. The van der Waals surface area contributed by atoms with Gasteiger partial charge in [-0.15, -0.1) is 0 Å². The number of hydrogen-bond donors (Lipinski definition) is 2. The second-order valence-corrected chi connectivity index (χ2v) is 5.43. The molecule has 7 nitrogen and oxygen atoms in total. The van der Waals surface area contributed by atoms with Crippen molar-refractivity contribution < 1.29 is 4.79 Å². The molecule has 0 bridgehead atoms. The fraction of sp³-hybridized carbons (Fsp3) is 0.538. The monoisotopic (exact) mass is 308 g/mol. The molecule has 1 aliphatic rings. The summed E-state index contributed by atoms with van der Waals surface area (Å²) in [5.74, 6) is 0.788. The normalized spacial score (nSPS) is 15.4. The number of fused-ring (bicyclic) bond motifs is 1. The van der Waals surface area contributed by atoms with Gasteiger partial charge in [-0.2, -0.15) is 15.1 Å². The Morgan fingerprint density at radius 3 is 2.95 bits per heavy atom. The summed E-state index contributed by atoms with van der Waals surface area (Å²) in [5, 5.41) is 10.7. The number of nitrogens with one attached hydrogen (secondary N) is 2. The van der Waals surface area contributed by atoms with E-state index in [4.69, 9.17) is 11.6 Å². The van der Waals surface area contributed by atoms with Crippen LogP contribution in [0.3, 0.4) is 0 Å². The maximum absolute atomic E-state index is 12.1. The molecule has 2 N–H and O–H groups in total. The summed E-state index contributed by atoms with van der Waals surface area (Å²) in [6.07, 6.45) is 5.52. The molecule has 2 aromatic rings. The van der Waals surface area contributed by atoms with E-state index >= 15 is 0 Å². The quantitative estimate of drug-likeness (QED) is 0.841. The number of likely N-dealkylation sites (tertiary alicyclic amines) is 1. The van der Waals surface area contributed by atoms with Gasteiger partial charge < -0.3 is 10.2 Å². The zero-order valence-electron chi connectivity index (χ0n) is 11.6. The van der Waals surface area contributed by atoms with Gasteiger partial charge in [0, 0.05) is 26.1 Å². The highest BCUT2D eigenvalue weighted by Gasteiger charge is 2.16. The fourth-order valence-electron chi connectivity index (χ4n) is 2.53. The molecule has 8 heteroatoms. The average Bonchev–Trinajstić information content (AvgIpc) is 2.96. The highest BCUT2D eigenvalue weighted by molar-refractivity contribution is 6.28. The number of hydrogen-bond acceptors (Lipinski definition) is 5. The van der Waals surface area contributed by atoms with E-state index < -0.39 is 0 Å². The van der Waals surface area contributed by atoms with E-state index in [0.29, 0.717) is 24.4 Å². The van der Waals surface area contributed by atoms with Gasteiger partial charge in [-0.1, -0.05) is 0 Å². The topological polar surface area (TPSA) is 86.8 Å². The molecule has 0 aliphatic carbocycles. The van der Waals surface area contributed by atoms with Gasteiger partial charge >= 0.3 is 0 Å². The number of halogens is 1. The van der Waals surface area contributed by atoms with Crippen molar-refractivity contribution in [2.45, 2.75) is 25.7 Å². The lowest BCUT2D eigenvalue weighted by Crippen LogP contribution is -2.36. The Morgan fingerprint density at radius 1 is 1.33 bits per heavy atom. The Labute approximate surface area is 127 Å². The molecule has 0 radical (unpaired) electrons. The molecule has 1 aliphatic heterocycles. The smallest absolute Gasteiger partial charge is 0.226 e. The van der Waals surface area contributed by atoms with Crippen molar-refractivity contribution in [3.63, 3.8) is 0 Å². The summed E-state index contributed by atoms with van der Waals surface area (Å²) in [5.41, 5.74) is 0.583. The number of aromatic amines is 1. The van der Waals surface area contributed by atoms with E-state index in [2.05, 4.69) is 25.5 Å². The lowest BCUT2D eigenvalue weighted by Gasteiger charge is -2.26. The van der Waals surface area contributed by atoms with Gasteiger partial charge in [0.1, 0.15) is 5.82 Å². The van der Waals surface area contributed by atoms with Crippen molar-refractivity contribution in [1.82, 2.24) is 25.1 Å². The van der Waals surface area contributed by atoms with E-state index in [1.807, 2.05) is 4.90 Å². The number of piperidine rings is 1. The molecule has 0 atom stereocenters. The standard InChI is InChI=1S/C13H17ClN6O/c14-13-17-11(9-8-16-19-12(9)18-13)15-5-4-10(21)20-6-2-1-3-7-20/h8H,1-7H2,(H2,15,16,17,18,19). The summed E-state index contributed by atoms with van der Waals surface area (Å²) in [6.45, 7) is 2.28. The Bertz CT molecular complexity index is 637. The number of anilines is 1. The van der Waals surface area contributed by atoms with Crippen LogP contribution in [0.25, 0.3) is 11.0 Å². The van der Waals surface area contributed by atoms with Gasteiger partial charge in [0.15, 0.2) is 5.65 Å². The van der Waals surface area contributed by atoms with Crippen molar-refractivity contribution in [1.29, 1.82) is 0 Å². The lowest BCUT2D eigenvalue weighted by atomic mass is 10.1. The number of carbonyl (C=O) groups is 1. The molecule has 1 fully saturated rings. The van der Waals surface area contributed by atoms with Crippen molar-refractivity contribution in [2.24, 2.45) is 0 Å². The summed E-state index contributed by atoms with van der Waals surface area (Å²) < 4.78 is 0. The van der Waals surface area contributed by atoms with Crippen LogP contribution in [0.1, 0.15) is 25.7 Å². The molecule has 0 spiro atoms. The van der Waals surface area contributed by atoms with Gasteiger partial charge in [0.05, 0.1) is 11.6 Å². The molecule has 0 aromatic carbocycles. The van der Waals surface area contributed by atoms with Crippen LogP contribution in [-0.2, 0) is 4.79 Å². The lowest BCUT2D eigenvalue weighted by molar-refractivity contribution is -0.131. The Morgan fingerprint density at radius 2 is 2.14 bits per heavy atom. The summed E-state index contributed by atoms with van der Waals surface area (Å²) in [4.78, 5) is 22.2. The molecule has 112 valence electrons. The van der Waals surface area contributed by atoms with Crippen molar-refractivity contribution in [3.8, 4) is 0 Å². The third-order valence-electron chi connectivity index (χ3n) is 3.62. The van der Waals surface area contributed by atoms with Crippen LogP contribution >= 0.6 is 11.6 Å². The fourth-order valence-corrected chi connectivity index (χ4v) is 2.70. The minimum absolute atomic E-state index is 0.150. The zero-order valence-corrected chi connectivity index (χ0v) is 12.4. The van der Waals surface area contributed by atoms with Gasteiger partial charge in [-0.25, -0.2) is 0 Å². The van der Waals surface area contributed by atoms with E-state index in [0.717, 1.165) is 31.3 Å². The third-order valence-corrected chi connectivity index (χ3v) is 3.79. The van der Waals surface area contributed by atoms with Crippen molar-refractivity contribution in [3.05, 3.63) is 11.5 Å². The Kier molecular flexibility index (Phi) is 4.19. The molecule has 2 aromatic heterocycles.